The largest absolute Gasteiger partial charge is 0.417 e. The van der Waals surface area contributed by atoms with Gasteiger partial charge in [0.2, 0.25) is 0 Å². The van der Waals surface area contributed by atoms with Gasteiger partial charge in [-0.2, -0.15) is 18.4 Å². The Morgan fingerprint density at radius 1 is 1.08 bits per heavy atom. The third-order valence-corrected chi connectivity index (χ3v) is 6.45. The van der Waals surface area contributed by atoms with E-state index in [1.54, 1.807) is 24.8 Å². The Balaban J connectivity index is 1.78. The zero-order valence-electron chi connectivity index (χ0n) is 19.9. The minimum absolute atomic E-state index is 0.0380. The van der Waals surface area contributed by atoms with Gasteiger partial charge in [-0.05, 0) is 86.8 Å². The molecule has 1 aliphatic heterocycles. The zero-order valence-corrected chi connectivity index (χ0v) is 20.7. The van der Waals surface area contributed by atoms with Gasteiger partial charge < -0.3 is 4.90 Å². The number of alkyl halides is 3. The fourth-order valence-electron chi connectivity index (χ4n) is 4.18. The van der Waals surface area contributed by atoms with Crippen molar-refractivity contribution in [1.82, 2.24) is 0 Å². The fraction of sp³-hybridized carbons (Fsp3) is 0.400. The van der Waals surface area contributed by atoms with E-state index in [1.165, 1.54) is 6.07 Å². The highest BCUT2D eigenvalue weighted by atomic mass is 32.1. The molecule has 0 saturated carbocycles. The van der Waals surface area contributed by atoms with Gasteiger partial charge >= 0.3 is 6.18 Å². The molecule has 0 aliphatic carbocycles. The van der Waals surface area contributed by atoms with Crippen molar-refractivity contribution in [2.24, 2.45) is 5.11 Å². The molecule has 0 aromatic heterocycles. The van der Waals surface area contributed by atoms with Crippen LogP contribution in [0.5, 0.6) is 0 Å². The number of azide groups is 1. The minimum atomic E-state index is -4.75. The average molecular weight is 515 g/mol. The summed E-state index contributed by atoms with van der Waals surface area (Å²) >= 11 is 5.57. The first-order valence-electron chi connectivity index (χ1n) is 11.4. The smallest absolute Gasteiger partial charge is 0.304 e. The number of halogens is 3. The molecule has 0 spiro atoms. The Morgan fingerprint density at radius 3 is 2.33 bits per heavy atom. The van der Waals surface area contributed by atoms with E-state index in [9.17, 15) is 18.0 Å². The van der Waals surface area contributed by atoms with Crippen LogP contribution in [-0.2, 0) is 17.4 Å². The van der Waals surface area contributed by atoms with Gasteiger partial charge in [-0.25, -0.2) is 0 Å². The van der Waals surface area contributed by atoms with Crippen LogP contribution in [0.1, 0.15) is 56.2 Å². The number of nitriles is 1. The number of carbonyl (C=O) groups is 1. The zero-order chi connectivity index (χ0) is 26.5. The molecule has 3 rings (SSSR count). The third-order valence-electron chi connectivity index (χ3n) is 6.09. The first kappa shape index (κ1) is 27.0. The van der Waals surface area contributed by atoms with Crippen LogP contribution in [-0.4, -0.2) is 23.1 Å². The lowest BCUT2D eigenvalue weighted by Gasteiger charge is -2.29. The number of carbonyl (C=O) groups excluding carboxylic acids is 1. The van der Waals surface area contributed by atoms with E-state index in [4.69, 9.17) is 23.0 Å². The van der Waals surface area contributed by atoms with Crippen LogP contribution in [0.2, 0.25) is 0 Å². The monoisotopic (exact) mass is 514 g/mol. The number of nitrogens with zero attached hydrogens (tertiary/aromatic N) is 6. The lowest BCUT2D eigenvalue weighted by molar-refractivity contribution is -0.137. The molecule has 0 bridgehead atoms. The normalized spacial score (nSPS) is 15.1. The fourth-order valence-corrected chi connectivity index (χ4v) is 4.70. The van der Waals surface area contributed by atoms with E-state index in [-0.39, 0.29) is 10.8 Å². The average Bonchev–Trinajstić information content (AvgIpc) is 3.01. The molecule has 36 heavy (non-hydrogen) atoms. The Labute approximate surface area is 212 Å². The van der Waals surface area contributed by atoms with Crippen LogP contribution in [0.25, 0.3) is 10.4 Å². The van der Waals surface area contributed by atoms with Gasteiger partial charge in [0.05, 0.1) is 22.9 Å². The summed E-state index contributed by atoms with van der Waals surface area (Å²) in [5.74, 6) is -0.463. The van der Waals surface area contributed by atoms with Crippen molar-refractivity contribution in [3.05, 3.63) is 69.6 Å². The Bertz CT molecular complexity index is 1230. The summed E-state index contributed by atoms with van der Waals surface area (Å²) < 4.78 is 40.5. The summed E-state index contributed by atoms with van der Waals surface area (Å²) in [6, 6.07) is 12.3. The molecule has 11 heteroatoms. The van der Waals surface area contributed by atoms with Crippen molar-refractivity contribution in [2.75, 3.05) is 16.3 Å². The summed E-state index contributed by atoms with van der Waals surface area (Å²) in [4.78, 5) is 18.8. The Hall–Kier alpha value is -3.61. The highest BCUT2D eigenvalue weighted by Crippen LogP contribution is 2.39. The number of anilines is 2. The molecule has 0 atom stereocenters. The second-order valence-electron chi connectivity index (χ2n) is 8.94. The number of benzene rings is 2. The predicted octanol–water partition coefficient (Wildman–Crippen LogP) is 6.91. The topological polar surface area (TPSA) is 96.1 Å². The molecule has 1 heterocycles. The Kier molecular flexibility index (Phi) is 8.23. The molecular weight excluding hydrogens is 489 g/mol. The van der Waals surface area contributed by atoms with Gasteiger partial charge in [-0.3, -0.25) is 9.69 Å². The molecule has 1 amide bonds. The van der Waals surface area contributed by atoms with Crippen molar-refractivity contribution in [3.8, 4) is 6.07 Å². The summed E-state index contributed by atoms with van der Waals surface area (Å²) in [5, 5.41) is 12.7. The minimum Gasteiger partial charge on any atom is -0.304 e. The molecule has 2 aromatic carbocycles. The van der Waals surface area contributed by atoms with Gasteiger partial charge in [0.1, 0.15) is 5.54 Å². The lowest BCUT2D eigenvalue weighted by Crippen LogP contribution is -2.44. The van der Waals surface area contributed by atoms with Crippen molar-refractivity contribution in [2.45, 2.75) is 57.7 Å². The number of rotatable bonds is 9. The molecule has 2 aromatic rings. The number of aryl methyl sites for hydroxylation is 1. The van der Waals surface area contributed by atoms with Crippen LogP contribution in [0.4, 0.5) is 24.5 Å². The number of amides is 1. The van der Waals surface area contributed by atoms with Crippen molar-refractivity contribution >= 4 is 34.6 Å². The molecule has 1 aliphatic rings. The molecule has 188 valence electrons. The van der Waals surface area contributed by atoms with Crippen LogP contribution in [0, 0.1) is 11.3 Å². The highest BCUT2D eigenvalue weighted by molar-refractivity contribution is 7.81. The molecule has 0 radical (unpaired) electrons. The van der Waals surface area contributed by atoms with E-state index in [0.29, 0.717) is 12.2 Å². The SMILES string of the molecule is CC1(C)C(=O)N(c2ccc(C#N)c(C(F)(F)F)c2)C(=S)N1c1ccc(CCCCCCN=[N+]=[N-])cc1. The molecule has 0 unspecified atom stereocenters. The number of hydrogen-bond acceptors (Lipinski definition) is 4. The first-order valence-corrected chi connectivity index (χ1v) is 11.8. The molecule has 0 N–H and O–H groups in total. The molecular formula is C25H25F3N6OS. The third kappa shape index (κ3) is 5.61. The standard InChI is InChI=1S/C25H25F3N6OS/c1-24(2)22(35)33(20-13-10-18(16-29)21(15-20)25(26,27)28)23(36)34(24)19-11-8-17(9-12-19)7-5-3-4-6-14-31-32-30/h8-13,15H,3-7,14H2,1-2H3. The second-order valence-corrected chi connectivity index (χ2v) is 9.31. The van der Waals surface area contributed by atoms with E-state index in [0.717, 1.165) is 54.7 Å². The van der Waals surface area contributed by atoms with Crippen molar-refractivity contribution in [1.29, 1.82) is 5.26 Å². The summed E-state index contributed by atoms with van der Waals surface area (Å²) in [6.07, 6.45) is -0.0434. The lowest BCUT2D eigenvalue weighted by atomic mass is 10.0. The summed E-state index contributed by atoms with van der Waals surface area (Å²) in [7, 11) is 0. The first-order chi connectivity index (χ1) is 17.0. The number of thiocarbonyl (C=S) groups is 1. The Morgan fingerprint density at radius 2 is 1.72 bits per heavy atom. The maximum absolute atomic E-state index is 13.5. The van der Waals surface area contributed by atoms with E-state index >= 15 is 0 Å². The maximum Gasteiger partial charge on any atom is 0.417 e. The van der Waals surface area contributed by atoms with Crippen LogP contribution >= 0.6 is 12.2 Å². The predicted molar refractivity (Wildman–Crippen MR) is 135 cm³/mol. The summed E-state index contributed by atoms with van der Waals surface area (Å²) in [6.45, 7) is 3.84. The maximum atomic E-state index is 13.5. The number of hydrogen-bond donors (Lipinski definition) is 0. The second kappa shape index (κ2) is 11.0. The number of unbranched alkanes of at least 4 members (excludes halogenated alkanes) is 3. The van der Waals surface area contributed by atoms with Crippen LogP contribution in [0.3, 0.4) is 0 Å². The highest BCUT2D eigenvalue weighted by Gasteiger charge is 2.50. The van der Waals surface area contributed by atoms with E-state index in [2.05, 4.69) is 10.0 Å². The van der Waals surface area contributed by atoms with Gasteiger partial charge in [0.15, 0.2) is 5.11 Å². The summed E-state index contributed by atoms with van der Waals surface area (Å²) in [5.41, 5.74) is 7.25. The molecule has 1 fully saturated rings. The van der Waals surface area contributed by atoms with Gasteiger partial charge in [0, 0.05) is 17.1 Å². The van der Waals surface area contributed by atoms with Crippen molar-refractivity contribution in [3.63, 3.8) is 0 Å². The van der Waals surface area contributed by atoms with E-state index in [1.807, 2.05) is 24.3 Å². The van der Waals surface area contributed by atoms with Crippen LogP contribution in [0.15, 0.2) is 47.6 Å². The van der Waals surface area contributed by atoms with Gasteiger partial charge in [-0.1, -0.05) is 30.1 Å². The van der Waals surface area contributed by atoms with Crippen molar-refractivity contribution < 1.29 is 18.0 Å². The van der Waals surface area contributed by atoms with E-state index < -0.39 is 28.7 Å². The van der Waals surface area contributed by atoms with Gasteiger partial charge in [-0.15, -0.1) is 0 Å². The molecule has 1 saturated heterocycles. The van der Waals surface area contributed by atoms with Crippen LogP contribution < -0.4 is 9.80 Å². The van der Waals surface area contributed by atoms with Gasteiger partial charge in [0.25, 0.3) is 5.91 Å². The molecule has 7 nitrogen and oxygen atoms in total. The quantitative estimate of drug-likeness (QED) is 0.119.